The molecule has 0 N–H and O–H groups in total. The maximum Gasteiger partial charge on any atom is 0.255 e. The van der Waals surface area contributed by atoms with Crippen LogP contribution in [0.2, 0.25) is 0 Å². The maximum atomic E-state index is 13.0. The Balaban J connectivity index is 1.21. The number of pyridine rings is 1. The van der Waals surface area contributed by atoms with Crippen LogP contribution < -0.4 is 0 Å². The minimum atomic E-state index is 0.170. The number of carbonyl (C=O) groups excluding carboxylic acids is 1. The molecule has 0 saturated carbocycles. The van der Waals surface area contributed by atoms with Gasteiger partial charge in [-0.2, -0.15) is 0 Å². The SMILES string of the molecule is O=C(c1cnc2c(c1)CCCC2)N1CCC(N2CCc3ccccc3C2)CC1. The van der Waals surface area contributed by atoms with E-state index in [0.717, 1.165) is 63.8 Å². The van der Waals surface area contributed by atoms with Crippen LogP contribution in [0.3, 0.4) is 0 Å². The first kappa shape index (κ1) is 17.9. The summed E-state index contributed by atoms with van der Waals surface area (Å²) in [5, 5.41) is 0. The predicted octanol–water partition coefficient (Wildman–Crippen LogP) is 3.62. The molecule has 2 aliphatic heterocycles. The van der Waals surface area contributed by atoms with Gasteiger partial charge in [0.15, 0.2) is 0 Å². The van der Waals surface area contributed by atoms with Gasteiger partial charge >= 0.3 is 0 Å². The average molecular weight is 376 g/mol. The van der Waals surface area contributed by atoms with Crippen LogP contribution in [0.15, 0.2) is 36.5 Å². The van der Waals surface area contributed by atoms with Gasteiger partial charge in [0, 0.05) is 44.1 Å². The number of hydrogen-bond donors (Lipinski definition) is 0. The summed E-state index contributed by atoms with van der Waals surface area (Å²) >= 11 is 0. The third-order valence-corrected chi connectivity index (χ3v) is 6.84. The number of fused-ring (bicyclic) bond motifs is 2. The van der Waals surface area contributed by atoms with Crippen molar-refractivity contribution >= 4 is 5.91 Å². The Bertz CT molecular complexity index is 870. The third-order valence-electron chi connectivity index (χ3n) is 6.84. The highest BCUT2D eigenvalue weighted by molar-refractivity contribution is 5.94. The highest BCUT2D eigenvalue weighted by atomic mass is 16.2. The molecule has 1 aliphatic carbocycles. The Labute approximate surface area is 167 Å². The van der Waals surface area contributed by atoms with Crippen molar-refractivity contribution in [2.24, 2.45) is 0 Å². The molecular formula is C24H29N3O. The Hall–Kier alpha value is -2.20. The standard InChI is InChI=1S/C24H29N3O/c28-24(21-15-19-6-3-4-8-23(19)25-16-21)26-13-10-22(11-14-26)27-12-9-18-5-1-2-7-20(18)17-27/h1-2,5,7,15-16,22H,3-4,6,8-14,17H2. The van der Waals surface area contributed by atoms with Crippen LogP contribution in [-0.2, 0) is 25.8 Å². The van der Waals surface area contributed by atoms with Crippen LogP contribution >= 0.6 is 0 Å². The molecule has 1 amide bonds. The minimum Gasteiger partial charge on any atom is -0.338 e. The molecule has 0 atom stereocenters. The zero-order valence-corrected chi connectivity index (χ0v) is 16.6. The molecule has 146 valence electrons. The zero-order chi connectivity index (χ0) is 18.9. The number of aryl methyl sites for hydroxylation is 2. The lowest BCUT2D eigenvalue weighted by atomic mass is 9.94. The molecule has 0 unspecified atom stereocenters. The quantitative estimate of drug-likeness (QED) is 0.804. The van der Waals surface area contributed by atoms with E-state index in [-0.39, 0.29) is 5.91 Å². The van der Waals surface area contributed by atoms with Gasteiger partial charge in [0.2, 0.25) is 0 Å². The van der Waals surface area contributed by atoms with Crippen molar-refractivity contribution in [2.45, 2.75) is 57.5 Å². The van der Waals surface area contributed by atoms with Gasteiger partial charge in [-0.15, -0.1) is 0 Å². The van der Waals surface area contributed by atoms with Crippen LogP contribution in [0, 0.1) is 0 Å². The van der Waals surface area contributed by atoms with Crippen molar-refractivity contribution < 1.29 is 4.79 Å². The maximum absolute atomic E-state index is 13.0. The van der Waals surface area contributed by atoms with E-state index in [4.69, 9.17) is 0 Å². The zero-order valence-electron chi connectivity index (χ0n) is 16.6. The molecule has 4 heteroatoms. The van der Waals surface area contributed by atoms with Crippen LogP contribution in [0.25, 0.3) is 0 Å². The van der Waals surface area contributed by atoms with Crippen molar-refractivity contribution in [3.8, 4) is 0 Å². The van der Waals surface area contributed by atoms with Gasteiger partial charge in [0.05, 0.1) is 5.56 Å². The molecule has 3 heterocycles. The number of benzene rings is 1. The van der Waals surface area contributed by atoms with E-state index in [9.17, 15) is 4.79 Å². The molecule has 1 saturated heterocycles. The molecule has 28 heavy (non-hydrogen) atoms. The lowest BCUT2D eigenvalue weighted by Gasteiger charge is -2.40. The smallest absolute Gasteiger partial charge is 0.255 e. The summed E-state index contributed by atoms with van der Waals surface area (Å²) in [5.41, 5.74) is 6.26. The van der Waals surface area contributed by atoms with E-state index in [1.54, 1.807) is 6.20 Å². The molecule has 1 aromatic carbocycles. The molecule has 2 aromatic rings. The molecule has 1 fully saturated rings. The van der Waals surface area contributed by atoms with Gasteiger partial charge in [-0.05, 0) is 67.7 Å². The first-order chi connectivity index (χ1) is 13.8. The summed E-state index contributed by atoms with van der Waals surface area (Å²) in [6, 6.07) is 11.5. The predicted molar refractivity (Wildman–Crippen MR) is 110 cm³/mol. The number of aromatic nitrogens is 1. The summed E-state index contributed by atoms with van der Waals surface area (Å²) in [5.74, 6) is 0.170. The van der Waals surface area contributed by atoms with Crippen LogP contribution in [0.4, 0.5) is 0 Å². The van der Waals surface area contributed by atoms with Crippen molar-refractivity contribution in [3.05, 3.63) is 64.5 Å². The monoisotopic (exact) mass is 375 g/mol. The van der Waals surface area contributed by atoms with E-state index >= 15 is 0 Å². The Morgan fingerprint density at radius 2 is 1.71 bits per heavy atom. The van der Waals surface area contributed by atoms with Gasteiger partial charge in [-0.3, -0.25) is 14.7 Å². The summed E-state index contributed by atoms with van der Waals surface area (Å²) in [7, 11) is 0. The first-order valence-electron chi connectivity index (χ1n) is 10.9. The highest BCUT2D eigenvalue weighted by Gasteiger charge is 2.29. The molecule has 3 aliphatic rings. The average Bonchev–Trinajstić information content (AvgIpc) is 2.78. The molecule has 0 spiro atoms. The Morgan fingerprint density at radius 3 is 2.57 bits per heavy atom. The highest BCUT2D eigenvalue weighted by Crippen LogP contribution is 2.26. The lowest BCUT2D eigenvalue weighted by molar-refractivity contribution is 0.0599. The largest absolute Gasteiger partial charge is 0.338 e. The van der Waals surface area contributed by atoms with Crippen LogP contribution in [0.1, 0.15) is 58.4 Å². The number of carbonyl (C=O) groups is 1. The number of amides is 1. The van der Waals surface area contributed by atoms with Crippen molar-refractivity contribution in [1.29, 1.82) is 0 Å². The topological polar surface area (TPSA) is 36.4 Å². The van der Waals surface area contributed by atoms with Gasteiger partial charge < -0.3 is 4.90 Å². The van der Waals surface area contributed by atoms with E-state index in [2.05, 4.69) is 40.2 Å². The van der Waals surface area contributed by atoms with Crippen molar-refractivity contribution in [3.63, 3.8) is 0 Å². The molecule has 0 radical (unpaired) electrons. The lowest BCUT2D eigenvalue weighted by Crippen LogP contribution is -2.48. The second kappa shape index (κ2) is 7.67. The fourth-order valence-corrected chi connectivity index (χ4v) is 5.15. The van der Waals surface area contributed by atoms with E-state index in [1.165, 1.54) is 35.2 Å². The normalized spacial score (nSPS) is 20.5. The summed E-state index contributed by atoms with van der Waals surface area (Å²) < 4.78 is 0. The molecule has 5 rings (SSSR count). The second-order valence-corrected chi connectivity index (χ2v) is 8.55. The van der Waals surface area contributed by atoms with Crippen LogP contribution in [-0.4, -0.2) is 46.4 Å². The fourth-order valence-electron chi connectivity index (χ4n) is 5.15. The van der Waals surface area contributed by atoms with Gasteiger partial charge in [0.1, 0.15) is 0 Å². The Morgan fingerprint density at radius 1 is 0.929 bits per heavy atom. The van der Waals surface area contributed by atoms with Gasteiger partial charge in [0.25, 0.3) is 5.91 Å². The summed E-state index contributed by atoms with van der Waals surface area (Å²) in [6.45, 7) is 3.92. The number of piperidine rings is 1. The first-order valence-corrected chi connectivity index (χ1v) is 10.9. The van der Waals surface area contributed by atoms with Gasteiger partial charge in [-0.25, -0.2) is 0 Å². The third kappa shape index (κ3) is 3.46. The summed E-state index contributed by atoms with van der Waals surface area (Å²) in [4.78, 5) is 22.3. The number of nitrogens with zero attached hydrogens (tertiary/aromatic N) is 3. The fraction of sp³-hybridized carbons (Fsp3) is 0.500. The van der Waals surface area contributed by atoms with E-state index in [0.29, 0.717) is 6.04 Å². The summed E-state index contributed by atoms with van der Waals surface area (Å²) in [6.07, 6.45) is 9.68. The minimum absolute atomic E-state index is 0.170. The molecule has 0 bridgehead atoms. The molecule has 1 aromatic heterocycles. The number of likely N-dealkylation sites (tertiary alicyclic amines) is 1. The van der Waals surface area contributed by atoms with Crippen molar-refractivity contribution in [1.82, 2.24) is 14.8 Å². The molecular weight excluding hydrogens is 346 g/mol. The van der Waals surface area contributed by atoms with Gasteiger partial charge in [-0.1, -0.05) is 24.3 Å². The van der Waals surface area contributed by atoms with Crippen molar-refractivity contribution in [2.75, 3.05) is 19.6 Å². The Kier molecular flexibility index (Phi) is 4.89. The second-order valence-electron chi connectivity index (χ2n) is 8.55. The molecule has 4 nitrogen and oxygen atoms in total. The van der Waals surface area contributed by atoms with E-state index < -0.39 is 0 Å². The van der Waals surface area contributed by atoms with Crippen LogP contribution in [0.5, 0.6) is 0 Å². The van der Waals surface area contributed by atoms with E-state index in [1.807, 2.05) is 4.90 Å². The number of rotatable bonds is 2. The number of hydrogen-bond acceptors (Lipinski definition) is 3.